The number of benzene rings is 2. The van der Waals surface area contributed by atoms with E-state index in [2.05, 4.69) is 5.10 Å². The summed E-state index contributed by atoms with van der Waals surface area (Å²) >= 11 is 0. The fourth-order valence-corrected chi connectivity index (χ4v) is 2.61. The predicted molar refractivity (Wildman–Crippen MR) is 87.8 cm³/mol. The summed E-state index contributed by atoms with van der Waals surface area (Å²) in [5.74, 6) is -5.66. The number of carbonyl (C=O) groups is 1. The fraction of sp³-hybridized carbons (Fsp3) is 0.111. The molecule has 1 heterocycles. The molecule has 3 aromatic rings. The number of aromatic nitrogens is 2. The van der Waals surface area contributed by atoms with E-state index >= 15 is 0 Å². The fourth-order valence-electron chi connectivity index (χ4n) is 2.61. The van der Waals surface area contributed by atoms with Crippen LogP contribution in [-0.2, 0) is 7.05 Å². The van der Waals surface area contributed by atoms with Crippen molar-refractivity contribution in [3.63, 3.8) is 0 Å². The molecule has 0 bridgehead atoms. The zero-order valence-electron chi connectivity index (χ0n) is 13.8. The van der Waals surface area contributed by atoms with E-state index in [1.54, 1.807) is 0 Å². The van der Waals surface area contributed by atoms with Gasteiger partial charge in [0.2, 0.25) is 0 Å². The molecule has 2 aromatic carbocycles. The van der Waals surface area contributed by atoms with Gasteiger partial charge in [-0.2, -0.15) is 13.9 Å². The molecule has 0 N–H and O–H groups in total. The Balaban J connectivity index is 2.14. The van der Waals surface area contributed by atoms with E-state index in [4.69, 9.17) is 0 Å². The van der Waals surface area contributed by atoms with Crippen molar-refractivity contribution in [1.29, 1.82) is 0 Å². The van der Waals surface area contributed by atoms with Crippen molar-refractivity contribution in [3.8, 4) is 11.1 Å². The predicted octanol–water partition coefficient (Wildman–Crippen LogP) is 4.37. The number of alkyl halides is 2. The number of amides is 1. The molecule has 4 nitrogen and oxygen atoms in total. The summed E-state index contributed by atoms with van der Waals surface area (Å²) in [6, 6.07) is 6.68. The first-order valence-electron chi connectivity index (χ1n) is 7.64. The van der Waals surface area contributed by atoms with Crippen LogP contribution in [0.4, 0.5) is 27.6 Å². The lowest BCUT2D eigenvalue weighted by molar-refractivity contribution is 0.0839. The van der Waals surface area contributed by atoms with Crippen LogP contribution in [0.25, 0.3) is 11.1 Å². The minimum atomic E-state index is -3.24. The van der Waals surface area contributed by atoms with Gasteiger partial charge in [0.25, 0.3) is 5.91 Å². The zero-order chi connectivity index (χ0) is 19.7. The number of para-hydroxylation sites is 1. The molecule has 1 aromatic heterocycles. The Hall–Kier alpha value is -3.23. The smallest absolute Gasteiger partial charge is 0.275 e. The van der Waals surface area contributed by atoms with E-state index in [0.29, 0.717) is 12.1 Å². The van der Waals surface area contributed by atoms with Crippen molar-refractivity contribution < 1.29 is 26.7 Å². The first kappa shape index (κ1) is 18.6. The molecule has 3 rings (SSSR count). The van der Waals surface area contributed by atoms with Crippen LogP contribution in [0, 0.1) is 17.5 Å². The molecule has 0 atom stereocenters. The maximum atomic E-state index is 13.7. The number of halogens is 5. The van der Waals surface area contributed by atoms with Gasteiger partial charge in [0.1, 0.15) is 0 Å². The lowest BCUT2D eigenvalue weighted by Crippen LogP contribution is -2.35. The molecule has 0 radical (unpaired) electrons. The average Bonchev–Trinajstić information content (AvgIpc) is 3.06. The lowest BCUT2D eigenvalue weighted by atomic mass is 10.0. The van der Waals surface area contributed by atoms with Gasteiger partial charge in [0.15, 0.2) is 17.5 Å². The molecule has 0 aliphatic rings. The first-order valence-corrected chi connectivity index (χ1v) is 7.64. The molecule has 0 fully saturated rings. The minimum Gasteiger partial charge on any atom is -0.275 e. The van der Waals surface area contributed by atoms with Crippen LogP contribution in [0.1, 0.15) is 10.4 Å². The Morgan fingerprint density at radius 1 is 1.11 bits per heavy atom. The van der Waals surface area contributed by atoms with Crippen molar-refractivity contribution in [2.75, 3.05) is 4.90 Å². The highest BCUT2D eigenvalue weighted by atomic mass is 19.3. The number of anilines is 1. The number of nitrogens with zero attached hydrogens (tertiary/aromatic N) is 3. The second kappa shape index (κ2) is 7.18. The van der Waals surface area contributed by atoms with Gasteiger partial charge in [-0.25, -0.2) is 18.1 Å². The van der Waals surface area contributed by atoms with E-state index in [9.17, 15) is 26.7 Å². The molecular weight excluding hydrogens is 369 g/mol. The van der Waals surface area contributed by atoms with Crippen LogP contribution >= 0.6 is 0 Å². The summed E-state index contributed by atoms with van der Waals surface area (Å²) in [4.78, 5) is 12.7. The molecule has 0 aliphatic carbocycles. The number of aryl methyl sites for hydroxylation is 1. The van der Waals surface area contributed by atoms with Crippen molar-refractivity contribution >= 4 is 11.6 Å². The van der Waals surface area contributed by atoms with E-state index in [1.807, 2.05) is 0 Å². The molecule has 1 amide bonds. The molecule has 9 heteroatoms. The number of carbonyl (C=O) groups excluding carboxylic acids is 1. The topological polar surface area (TPSA) is 38.1 Å². The van der Waals surface area contributed by atoms with Crippen LogP contribution in [0.15, 0.2) is 48.8 Å². The Labute approximate surface area is 150 Å². The Kier molecular flexibility index (Phi) is 4.93. The van der Waals surface area contributed by atoms with Crippen LogP contribution < -0.4 is 4.90 Å². The highest BCUT2D eigenvalue weighted by Crippen LogP contribution is 2.34. The van der Waals surface area contributed by atoms with Gasteiger partial charge >= 0.3 is 6.55 Å². The van der Waals surface area contributed by atoms with Gasteiger partial charge in [-0.1, -0.05) is 18.2 Å². The molecule has 0 saturated carbocycles. The van der Waals surface area contributed by atoms with Gasteiger partial charge in [-0.05, 0) is 23.8 Å². The SMILES string of the molecule is Cn1cc(C(=O)N(c2ccccc2-c2cc(F)c(F)c(F)c2)C(F)F)cn1. The van der Waals surface area contributed by atoms with Crippen LogP contribution in [0.3, 0.4) is 0 Å². The molecule has 140 valence electrons. The van der Waals surface area contributed by atoms with E-state index in [-0.39, 0.29) is 27.3 Å². The van der Waals surface area contributed by atoms with E-state index in [1.165, 1.54) is 42.2 Å². The Bertz CT molecular complexity index is 979. The molecule has 0 spiro atoms. The average molecular weight is 381 g/mol. The summed E-state index contributed by atoms with van der Waals surface area (Å²) in [5.41, 5.74) is -0.629. The quantitative estimate of drug-likeness (QED) is 0.382. The van der Waals surface area contributed by atoms with E-state index < -0.39 is 29.9 Å². The minimum absolute atomic E-state index is 0.0622. The third-order valence-electron chi connectivity index (χ3n) is 3.82. The second-order valence-electron chi connectivity index (χ2n) is 5.63. The van der Waals surface area contributed by atoms with Gasteiger partial charge < -0.3 is 0 Å². The molecule has 0 saturated heterocycles. The van der Waals surface area contributed by atoms with Gasteiger partial charge in [0, 0.05) is 18.8 Å². The Morgan fingerprint density at radius 3 is 2.30 bits per heavy atom. The summed E-state index contributed by atoms with van der Waals surface area (Å²) in [7, 11) is 1.52. The Morgan fingerprint density at radius 2 is 1.74 bits per heavy atom. The van der Waals surface area contributed by atoms with Crippen molar-refractivity contribution in [3.05, 3.63) is 71.8 Å². The van der Waals surface area contributed by atoms with Crippen LogP contribution in [0.5, 0.6) is 0 Å². The molecule has 0 unspecified atom stereocenters. The number of hydrogen-bond donors (Lipinski definition) is 0. The normalized spacial score (nSPS) is 11.1. The maximum Gasteiger partial charge on any atom is 0.321 e. The number of hydrogen-bond acceptors (Lipinski definition) is 2. The summed E-state index contributed by atoms with van der Waals surface area (Å²) < 4.78 is 69.1. The molecular formula is C18H12F5N3O. The largest absolute Gasteiger partial charge is 0.321 e. The van der Waals surface area contributed by atoms with Gasteiger partial charge in [-0.15, -0.1) is 0 Å². The zero-order valence-corrected chi connectivity index (χ0v) is 13.8. The van der Waals surface area contributed by atoms with Gasteiger partial charge in [-0.3, -0.25) is 9.48 Å². The lowest BCUT2D eigenvalue weighted by Gasteiger charge is -2.24. The highest BCUT2D eigenvalue weighted by molar-refractivity contribution is 6.08. The third kappa shape index (κ3) is 3.53. The summed E-state index contributed by atoms with van der Waals surface area (Å²) in [5, 5.41) is 3.77. The number of rotatable bonds is 4. The standard InChI is InChI=1S/C18H12F5N3O/c1-25-9-11(8-24-25)17(27)26(18(22)23)15-5-3-2-4-12(15)10-6-13(19)16(21)14(20)7-10/h2-9,18H,1H3. The third-order valence-corrected chi connectivity index (χ3v) is 3.82. The van der Waals surface area contributed by atoms with Crippen molar-refractivity contribution in [2.24, 2.45) is 7.05 Å². The second-order valence-corrected chi connectivity index (χ2v) is 5.63. The van der Waals surface area contributed by atoms with E-state index in [0.717, 1.165) is 6.20 Å². The monoisotopic (exact) mass is 381 g/mol. The highest BCUT2D eigenvalue weighted by Gasteiger charge is 2.29. The molecule has 27 heavy (non-hydrogen) atoms. The van der Waals surface area contributed by atoms with Crippen molar-refractivity contribution in [2.45, 2.75) is 6.55 Å². The summed E-state index contributed by atoms with van der Waals surface area (Å²) in [6.07, 6.45) is 2.38. The summed E-state index contributed by atoms with van der Waals surface area (Å²) in [6.45, 7) is -3.24. The van der Waals surface area contributed by atoms with Crippen molar-refractivity contribution in [1.82, 2.24) is 9.78 Å². The van der Waals surface area contributed by atoms with Crippen LogP contribution in [-0.4, -0.2) is 22.2 Å². The maximum absolute atomic E-state index is 13.7. The van der Waals surface area contributed by atoms with Crippen LogP contribution in [0.2, 0.25) is 0 Å². The van der Waals surface area contributed by atoms with Gasteiger partial charge in [0.05, 0.1) is 17.4 Å². The molecule has 0 aliphatic heterocycles. The first-order chi connectivity index (χ1) is 12.8.